The molecular formula is C9H5B4BrO2. The van der Waals surface area contributed by atoms with Crippen LogP contribution < -0.4 is 9.47 Å². The first kappa shape index (κ1) is 12.0. The largest absolute Gasteiger partial charge is 0.501 e. The van der Waals surface area contributed by atoms with Gasteiger partial charge in [0.25, 0.3) is 0 Å². The maximum Gasteiger partial charge on any atom is 0.160 e. The van der Waals surface area contributed by atoms with Crippen molar-refractivity contribution in [3.63, 3.8) is 0 Å². The van der Waals surface area contributed by atoms with Gasteiger partial charge in [-0.2, -0.15) is 0 Å². The Balaban J connectivity index is 2.52. The van der Waals surface area contributed by atoms with Crippen molar-refractivity contribution >= 4 is 47.3 Å². The summed E-state index contributed by atoms with van der Waals surface area (Å²) in [5, 5.41) is -3.56. The molecule has 72 valence electrons. The average Bonchev–Trinajstić information content (AvgIpc) is 2.10. The van der Waals surface area contributed by atoms with E-state index in [0.717, 1.165) is 10.0 Å². The second kappa shape index (κ2) is 3.52. The third-order valence-electron chi connectivity index (χ3n) is 2.39. The standard InChI is InChI=1S/C9H5B4BrO2/c1-4-2-6-7(3-5(4)14)16-9(12,13)8(10,11)15-6/h2-3H,1H3. The Hall–Kier alpha value is -0.440. The van der Waals surface area contributed by atoms with Crippen LogP contribution in [0.3, 0.4) is 0 Å². The molecule has 0 aromatic heterocycles. The first-order valence-electron chi connectivity index (χ1n) is 4.56. The van der Waals surface area contributed by atoms with Crippen molar-refractivity contribution in [1.82, 2.24) is 0 Å². The van der Waals surface area contributed by atoms with Crippen LogP contribution in [0.4, 0.5) is 0 Å². The van der Waals surface area contributed by atoms with Crippen molar-refractivity contribution in [1.29, 1.82) is 0 Å². The Morgan fingerprint density at radius 1 is 1.00 bits per heavy atom. The fourth-order valence-corrected chi connectivity index (χ4v) is 1.64. The first-order valence-corrected chi connectivity index (χ1v) is 5.36. The van der Waals surface area contributed by atoms with Crippen LogP contribution in [-0.4, -0.2) is 42.2 Å². The Morgan fingerprint density at radius 3 is 1.94 bits per heavy atom. The van der Waals surface area contributed by atoms with Crippen LogP contribution in [0.25, 0.3) is 0 Å². The van der Waals surface area contributed by atoms with Gasteiger partial charge in [-0.05, 0) is 24.6 Å². The van der Waals surface area contributed by atoms with E-state index in [-0.39, 0.29) is 0 Å². The first-order chi connectivity index (χ1) is 7.23. The molecule has 0 saturated heterocycles. The zero-order valence-corrected chi connectivity index (χ0v) is 10.2. The fraction of sp³-hybridized carbons (Fsp3) is 0.333. The molecule has 0 aliphatic carbocycles. The number of benzene rings is 1. The Kier molecular flexibility index (Phi) is 2.65. The number of halogens is 1. The van der Waals surface area contributed by atoms with Crippen LogP contribution in [0.5, 0.6) is 11.5 Å². The van der Waals surface area contributed by atoms with Gasteiger partial charge < -0.3 is 9.47 Å². The number of aryl methyl sites for hydroxylation is 1. The molecule has 2 nitrogen and oxygen atoms in total. The van der Waals surface area contributed by atoms with Crippen LogP contribution in [0.15, 0.2) is 16.6 Å². The van der Waals surface area contributed by atoms with Crippen molar-refractivity contribution in [2.24, 2.45) is 0 Å². The number of hydrogen-bond donors (Lipinski definition) is 0. The molecule has 16 heavy (non-hydrogen) atoms. The average molecular weight is 268 g/mol. The van der Waals surface area contributed by atoms with Crippen LogP contribution in [0.1, 0.15) is 5.56 Å². The molecule has 0 spiro atoms. The van der Waals surface area contributed by atoms with Gasteiger partial charge in [0.2, 0.25) is 0 Å². The van der Waals surface area contributed by atoms with Gasteiger partial charge >= 0.3 is 0 Å². The number of ether oxygens (including phenoxy) is 2. The molecule has 7 heteroatoms. The topological polar surface area (TPSA) is 18.5 Å². The van der Waals surface area contributed by atoms with Crippen LogP contribution in [-0.2, 0) is 0 Å². The summed E-state index contributed by atoms with van der Waals surface area (Å²) in [7, 11) is 22.5. The third kappa shape index (κ3) is 1.79. The van der Waals surface area contributed by atoms with E-state index in [0.29, 0.717) is 11.5 Å². The lowest BCUT2D eigenvalue weighted by Gasteiger charge is -2.48. The molecule has 0 bridgehead atoms. The number of fused-ring (bicyclic) bond motifs is 1. The molecule has 0 amide bonds. The van der Waals surface area contributed by atoms with E-state index in [1.165, 1.54) is 0 Å². The molecule has 0 saturated carbocycles. The van der Waals surface area contributed by atoms with E-state index < -0.39 is 10.8 Å². The summed E-state index contributed by atoms with van der Waals surface area (Å²) >= 11 is 3.36. The highest BCUT2D eigenvalue weighted by atomic mass is 79.9. The summed E-state index contributed by atoms with van der Waals surface area (Å²) in [6.07, 6.45) is 0. The van der Waals surface area contributed by atoms with Gasteiger partial charge in [-0.25, -0.2) is 0 Å². The van der Waals surface area contributed by atoms with E-state index in [2.05, 4.69) is 15.9 Å². The highest BCUT2D eigenvalue weighted by Crippen LogP contribution is 2.41. The maximum atomic E-state index is 5.63. The molecular weight excluding hydrogens is 263 g/mol. The van der Waals surface area contributed by atoms with Gasteiger partial charge in [-0.3, -0.25) is 0 Å². The zero-order chi connectivity index (χ0) is 12.1. The van der Waals surface area contributed by atoms with E-state index in [1.807, 2.05) is 6.92 Å². The van der Waals surface area contributed by atoms with E-state index in [1.54, 1.807) is 12.1 Å². The predicted octanol–water partition coefficient (Wildman–Crippen LogP) is 0.510. The summed E-state index contributed by atoms with van der Waals surface area (Å²) in [5.74, 6) is 0.811. The molecule has 1 aromatic rings. The SMILES string of the molecule is [B]C1([B])Oc2cc(C)c(Br)cc2OC1([B])[B]. The lowest BCUT2D eigenvalue weighted by atomic mass is 9.41. The minimum Gasteiger partial charge on any atom is -0.501 e. The molecule has 1 aliphatic rings. The molecule has 1 aromatic carbocycles. The minimum atomic E-state index is -1.78. The zero-order valence-electron chi connectivity index (χ0n) is 8.66. The Labute approximate surface area is 108 Å². The minimum absolute atomic E-state index is 0.397. The highest BCUT2D eigenvalue weighted by molar-refractivity contribution is 9.10. The molecule has 0 atom stereocenters. The fourth-order valence-electron chi connectivity index (χ4n) is 1.32. The molecule has 2 rings (SSSR count). The lowest BCUT2D eigenvalue weighted by Crippen LogP contribution is -2.65. The van der Waals surface area contributed by atoms with Crippen LogP contribution in [0, 0.1) is 6.92 Å². The summed E-state index contributed by atoms with van der Waals surface area (Å²) in [4.78, 5) is 0. The normalized spacial score (nSPS) is 20.4. The second-order valence-corrected chi connectivity index (χ2v) is 4.69. The van der Waals surface area contributed by atoms with Crippen molar-refractivity contribution in [3.8, 4) is 11.5 Å². The summed E-state index contributed by atoms with van der Waals surface area (Å²) in [6, 6.07) is 3.44. The monoisotopic (exact) mass is 268 g/mol. The smallest absolute Gasteiger partial charge is 0.160 e. The van der Waals surface area contributed by atoms with Crippen molar-refractivity contribution < 1.29 is 9.47 Å². The van der Waals surface area contributed by atoms with E-state index >= 15 is 0 Å². The van der Waals surface area contributed by atoms with Gasteiger partial charge in [0.1, 0.15) is 31.4 Å². The number of hydrogen-bond acceptors (Lipinski definition) is 2. The van der Waals surface area contributed by atoms with Crippen molar-refractivity contribution in [2.45, 2.75) is 17.7 Å². The molecule has 0 unspecified atom stereocenters. The van der Waals surface area contributed by atoms with Crippen molar-refractivity contribution in [2.75, 3.05) is 0 Å². The van der Waals surface area contributed by atoms with Gasteiger partial charge in [0.15, 0.2) is 11.5 Å². The predicted molar refractivity (Wildman–Crippen MR) is 68.6 cm³/mol. The van der Waals surface area contributed by atoms with Gasteiger partial charge in [0, 0.05) is 15.3 Å². The maximum absolute atomic E-state index is 5.63. The molecule has 1 heterocycles. The third-order valence-corrected chi connectivity index (χ3v) is 3.25. The summed E-state index contributed by atoms with van der Waals surface area (Å²) in [5.41, 5.74) is 0.958. The molecule has 1 aliphatic heterocycles. The quantitative estimate of drug-likeness (QED) is 0.638. The van der Waals surface area contributed by atoms with E-state index in [9.17, 15) is 0 Å². The Bertz CT molecular complexity index is 406. The lowest BCUT2D eigenvalue weighted by molar-refractivity contribution is 0.0616. The van der Waals surface area contributed by atoms with Gasteiger partial charge in [-0.15, -0.1) is 0 Å². The highest BCUT2D eigenvalue weighted by Gasteiger charge is 2.43. The second-order valence-electron chi connectivity index (χ2n) is 3.84. The van der Waals surface area contributed by atoms with Crippen molar-refractivity contribution in [3.05, 3.63) is 22.2 Å². The molecule has 0 N–H and O–H groups in total. The summed E-state index contributed by atoms with van der Waals surface area (Å²) in [6.45, 7) is 1.90. The summed E-state index contributed by atoms with van der Waals surface area (Å²) < 4.78 is 11.5. The molecule has 0 fully saturated rings. The number of rotatable bonds is 0. The van der Waals surface area contributed by atoms with Gasteiger partial charge in [0.05, 0.1) is 0 Å². The molecule has 8 radical (unpaired) electrons. The van der Waals surface area contributed by atoms with Gasteiger partial charge in [-0.1, -0.05) is 15.9 Å². The Morgan fingerprint density at radius 2 is 1.44 bits per heavy atom. The van der Waals surface area contributed by atoms with Crippen LogP contribution >= 0.6 is 15.9 Å². The van der Waals surface area contributed by atoms with E-state index in [4.69, 9.17) is 40.9 Å². The van der Waals surface area contributed by atoms with Crippen LogP contribution in [0.2, 0.25) is 0 Å².